The molecule has 2 aromatic rings. The second-order valence-corrected chi connectivity index (χ2v) is 11.6. The molecule has 1 N–H and O–H groups in total. The first-order valence-corrected chi connectivity index (χ1v) is 13.3. The van der Waals surface area contributed by atoms with Gasteiger partial charge in [0, 0.05) is 27.3 Å². The summed E-state index contributed by atoms with van der Waals surface area (Å²) in [6.45, 7) is 2.54. The molecular formula is C27H32ClIN2O2. The molecule has 176 valence electrons. The van der Waals surface area contributed by atoms with Gasteiger partial charge in [-0.05, 0) is 127 Å². The zero-order valence-electron chi connectivity index (χ0n) is 18.9. The number of piperidine rings is 1. The van der Waals surface area contributed by atoms with Crippen molar-refractivity contribution in [3.05, 3.63) is 57.2 Å². The highest BCUT2D eigenvalue weighted by Crippen LogP contribution is 2.56. The number of anilines is 1. The number of ether oxygens (including phenoxy) is 1. The van der Waals surface area contributed by atoms with Gasteiger partial charge in [0.1, 0.15) is 5.75 Å². The van der Waals surface area contributed by atoms with Crippen LogP contribution in [0.15, 0.2) is 42.5 Å². The molecule has 0 unspecified atom stereocenters. The number of benzene rings is 2. The van der Waals surface area contributed by atoms with E-state index in [2.05, 4.69) is 44.9 Å². The van der Waals surface area contributed by atoms with Crippen molar-refractivity contribution in [3.8, 4) is 5.75 Å². The average molecular weight is 579 g/mol. The summed E-state index contributed by atoms with van der Waals surface area (Å²) in [5.41, 5.74) is 4.00. The van der Waals surface area contributed by atoms with Gasteiger partial charge in [0.15, 0.2) is 0 Å². The predicted molar refractivity (Wildman–Crippen MR) is 143 cm³/mol. The van der Waals surface area contributed by atoms with E-state index in [9.17, 15) is 4.79 Å². The van der Waals surface area contributed by atoms with Gasteiger partial charge in [0.05, 0.1) is 0 Å². The lowest BCUT2D eigenvalue weighted by molar-refractivity contribution is -0.0134. The molecule has 6 heteroatoms. The van der Waals surface area contributed by atoms with Crippen molar-refractivity contribution in [1.29, 1.82) is 0 Å². The Balaban J connectivity index is 0.00000228. The lowest BCUT2D eigenvalue weighted by atomic mass is 9.52. The SMILES string of the molecule is Cl.O=C(Nc1ccc(I)cc1)Oc1ccc2c(c1)[C@@]13CCCC[C@H]1[C@@H](C2)N(CC1CC1)CC3. The molecule has 0 spiro atoms. The fourth-order valence-corrected chi connectivity index (χ4v) is 7.13. The summed E-state index contributed by atoms with van der Waals surface area (Å²) in [6.07, 6.45) is 10.2. The van der Waals surface area contributed by atoms with Crippen LogP contribution in [0, 0.1) is 15.4 Å². The monoisotopic (exact) mass is 578 g/mol. The van der Waals surface area contributed by atoms with Gasteiger partial charge in [-0.2, -0.15) is 0 Å². The number of fused-ring (bicyclic) bond motifs is 1. The van der Waals surface area contributed by atoms with Crippen molar-refractivity contribution in [2.75, 3.05) is 18.4 Å². The fraction of sp³-hybridized carbons (Fsp3) is 0.519. The number of rotatable bonds is 4. The first-order valence-electron chi connectivity index (χ1n) is 12.2. The lowest BCUT2D eigenvalue weighted by Gasteiger charge is -2.59. The fourth-order valence-electron chi connectivity index (χ4n) is 6.77. The lowest BCUT2D eigenvalue weighted by Crippen LogP contribution is -2.61. The highest BCUT2D eigenvalue weighted by Gasteiger charge is 2.54. The van der Waals surface area contributed by atoms with E-state index in [0.717, 1.165) is 27.5 Å². The number of amides is 1. The molecule has 3 atom stereocenters. The molecule has 6 rings (SSSR count). The van der Waals surface area contributed by atoms with Crippen LogP contribution in [0.25, 0.3) is 0 Å². The number of carbonyl (C=O) groups is 1. The minimum absolute atomic E-state index is 0. The van der Waals surface area contributed by atoms with Crippen molar-refractivity contribution in [1.82, 2.24) is 4.90 Å². The zero-order chi connectivity index (χ0) is 21.7. The van der Waals surface area contributed by atoms with Crippen LogP contribution in [-0.2, 0) is 11.8 Å². The maximum absolute atomic E-state index is 12.5. The second kappa shape index (κ2) is 9.38. The van der Waals surface area contributed by atoms with Crippen LogP contribution in [-0.4, -0.2) is 30.1 Å². The van der Waals surface area contributed by atoms with Gasteiger partial charge in [0.2, 0.25) is 0 Å². The molecule has 4 aliphatic rings. The smallest absolute Gasteiger partial charge is 0.410 e. The third-order valence-corrected chi connectivity index (χ3v) is 9.13. The summed E-state index contributed by atoms with van der Waals surface area (Å²) < 4.78 is 6.89. The Bertz CT molecular complexity index is 1030. The molecule has 0 radical (unpaired) electrons. The molecule has 4 nitrogen and oxygen atoms in total. The second-order valence-electron chi connectivity index (χ2n) is 10.3. The van der Waals surface area contributed by atoms with Crippen LogP contribution >= 0.6 is 35.0 Å². The van der Waals surface area contributed by atoms with Gasteiger partial charge in [0.25, 0.3) is 0 Å². The van der Waals surface area contributed by atoms with E-state index in [1.54, 1.807) is 0 Å². The van der Waals surface area contributed by atoms with E-state index in [1.807, 2.05) is 30.3 Å². The topological polar surface area (TPSA) is 41.6 Å². The summed E-state index contributed by atoms with van der Waals surface area (Å²) in [4.78, 5) is 15.4. The summed E-state index contributed by atoms with van der Waals surface area (Å²) in [7, 11) is 0. The number of likely N-dealkylation sites (tertiary alicyclic amines) is 1. The molecule has 2 aromatic carbocycles. The number of carbonyl (C=O) groups excluding carboxylic acids is 1. The Labute approximate surface area is 216 Å². The number of halogens is 2. The van der Waals surface area contributed by atoms with Crippen molar-refractivity contribution < 1.29 is 9.53 Å². The average Bonchev–Trinajstić information content (AvgIpc) is 3.62. The van der Waals surface area contributed by atoms with Gasteiger partial charge in [-0.25, -0.2) is 4.79 Å². The van der Waals surface area contributed by atoms with Gasteiger partial charge < -0.3 is 4.74 Å². The third-order valence-electron chi connectivity index (χ3n) is 8.41. The van der Waals surface area contributed by atoms with Crippen molar-refractivity contribution in [2.45, 2.75) is 62.8 Å². The van der Waals surface area contributed by atoms with Crippen molar-refractivity contribution >= 4 is 46.8 Å². The van der Waals surface area contributed by atoms with E-state index < -0.39 is 6.09 Å². The Hall–Kier alpha value is -1.31. The highest BCUT2D eigenvalue weighted by molar-refractivity contribution is 14.1. The quantitative estimate of drug-likeness (QED) is 0.406. The number of nitrogens with zero attached hydrogens (tertiary/aromatic N) is 1. The van der Waals surface area contributed by atoms with Crippen LogP contribution in [0.1, 0.15) is 56.1 Å². The first-order chi connectivity index (χ1) is 15.6. The summed E-state index contributed by atoms with van der Waals surface area (Å²) in [6, 6.07) is 14.9. The molecule has 3 aliphatic carbocycles. The molecule has 0 aromatic heterocycles. The molecule has 1 amide bonds. The Morgan fingerprint density at radius 1 is 1.09 bits per heavy atom. The van der Waals surface area contributed by atoms with Crippen LogP contribution in [0.3, 0.4) is 0 Å². The molecule has 1 heterocycles. The molecular weight excluding hydrogens is 547 g/mol. The van der Waals surface area contributed by atoms with Crippen LogP contribution < -0.4 is 10.1 Å². The normalized spacial score (nSPS) is 28.2. The Morgan fingerprint density at radius 2 is 1.91 bits per heavy atom. The van der Waals surface area contributed by atoms with Gasteiger partial charge in [-0.15, -0.1) is 12.4 Å². The van der Waals surface area contributed by atoms with Gasteiger partial charge in [-0.3, -0.25) is 10.2 Å². The molecule has 2 bridgehead atoms. The zero-order valence-corrected chi connectivity index (χ0v) is 21.9. The highest BCUT2D eigenvalue weighted by atomic mass is 127. The van der Waals surface area contributed by atoms with Gasteiger partial charge in [-0.1, -0.05) is 18.9 Å². The molecule has 1 saturated heterocycles. The largest absolute Gasteiger partial charge is 0.417 e. The van der Waals surface area contributed by atoms with E-state index >= 15 is 0 Å². The van der Waals surface area contributed by atoms with E-state index in [1.165, 1.54) is 69.2 Å². The number of nitrogens with one attached hydrogen (secondary N) is 1. The summed E-state index contributed by atoms with van der Waals surface area (Å²) in [5, 5.41) is 2.85. The van der Waals surface area contributed by atoms with Crippen LogP contribution in [0.2, 0.25) is 0 Å². The Morgan fingerprint density at radius 3 is 2.70 bits per heavy atom. The molecule has 1 aliphatic heterocycles. The predicted octanol–water partition coefficient (Wildman–Crippen LogP) is 6.79. The third kappa shape index (κ3) is 4.53. The number of hydrogen-bond acceptors (Lipinski definition) is 3. The number of hydrogen-bond donors (Lipinski definition) is 1. The minimum atomic E-state index is -0.420. The van der Waals surface area contributed by atoms with Gasteiger partial charge >= 0.3 is 6.09 Å². The summed E-state index contributed by atoms with van der Waals surface area (Å²) in [5.74, 6) is 2.38. The van der Waals surface area contributed by atoms with E-state index in [0.29, 0.717) is 11.8 Å². The van der Waals surface area contributed by atoms with E-state index in [4.69, 9.17) is 4.74 Å². The summed E-state index contributed by atoms with van der Waals surface area (Å²) >= 11 is 2.26. The molecule has 33 heavy (non-hydrogen) atoms. The molecule has 3 fully saturated rings. The van der Waals surface area contributed by atoms with Crippen molar-refractivity contribution in [3.63, 3.8) is 0 Å². The van der Waals surface area contributed by atoms with Crippen LogP contribution in [0.5, 0.6) is 5.75 Å². The maximum Gasteiger partial charge on any atom is 0.417 e. The van der Waals surface area contributed by atoms with Crippen LogP contribution in [0.4, 0.5) is 10.5 Å². The maximum atomic E-state index is 12.5. The standard InChI is InChI=1S/C27H31IN2O2.ClH/c28-20-7-9-21(10-8-20)29-26(31)32-22-11-6-19-15-25-23-3-1-2-12-27(23,24(19)16-22)13-14-30(25)17-18-4-5-18;/h6-11,16,18,23,25H,1-5,12-15,17H2,(H,29,31);1H/t23-,25+,27+;/m0./s1. The first kappa shape index (κ1) is 23.4. The van der Waals surface area contributed by atoms with Crippen molar-refractivity contribution in [2.24, 2.45) is 11.8 Å². The minimum Gasteiger partial charge on any atom is -0.410 e. The Kier molecular flexibility index (Phi) is 6.66. The molecule has 2 saturated carbocycles. The van der Waals surface area contributed by atoms with E-state index in [-0.39, 0.29) is 17.8 Å².